The van der Waals surface area contributed by atoms with Gasteiger partial charge in [0.2, 0.25) is 0 Å². The zero-order valence-electron chi connectivity index (χ0n) is 4.50. The number of hydrogen-bond donors (Lipinski definition) is 0. The molecule has 0 saturated heterocycles. The van der Waals surface area contributed by atoms with Crippen molar-refractivity contribution in [2.24, 2.45) is 0 Å². The molecule has 0 atom stereocenters. The van der Waals surface area contributed by atoms with Crippen molar-refractivity contribution in [3.05, 3.63) is 0 Å². The van der Waals surface area contributed by atoms with E-state index in [4.69, 9.17) is 0 Å². The standard InChI is InChI=1S/2CH3.2Na.Sn/h2*1H3;;;. The second-order valence-corrected chi connectivity index (χ2v) is 3.35. The summed E-state index contributed by atoms with van der Waals surface area (Å²) in [5.74, 6) is 0. The second-order valence-electron chi connectivity index (χ2n) is 0.500. The van der Waals surface area contributed by atoms with E-state index in [1.54, 1.807) is 0 Å². The molecule has 0 aromatic rings. The zero-order chi connectivity index (χ0) is 2.71. The minimum absolute atomic E-state index is 0. The van der Waals surface area contributed by atoms with Crippen LogP contribution in [0.2, 0.25) is 9.88 Å². The van der Waals surface area contributed by atoms with E-state index in [0.717, 1.165) is 0 Å². The van der Waals surface area contributed by atoms with Crippen molar-refractivity contribution in [1.29, 1.82) is 0 Å². The molecular weight excluding hydrogens is 189 g/mol. The molecule has 3 heteroatoms. The van der Waals surface area contributed by atoms with Gasteiger partial charge in [-0.3, -0.25) is 0 Å². The Labute approximate surface area is 88.3 Å². The summed E-state index contributed by atoms with van der Waals surface area (Å²) in [6, 6.07) is 0. The van der Waals surface area contributed by atoms with Crippen LogP contribution in [0.15, 0.2) is 0 Å². The largest absolute Gasteiger partial charge is 0 e. The molecule has 0 aliphatic carbocycles. The Morgan fingerprint density at radius 2 is 1.00 bits per heavy atom. The average Bonchev–Trinajstić information content (AvgIpc) is 0.918. The van der Waals surface area contributed by atoms with Crippen LogP contribution in [0, 0.1) is 0 Å². The molecule has 5 heavy (non-hydrogen) atoms. The molecule has 0 spiro atoms. The van der Waals surface area contributed by atoms with Gasteiger partial charge >= 0.3 is 31.0 Å². The maximum absolute atomic E-state index is 2.30. The van der Waals surface area contributed by atoms with E-state index >= 15 is 0 Å². The maximum atomic E-state index is 2.30. The smallest absolute Gasteiger partial charge is 0 e. The summed E-state index contributed by atoms with van der Waals surface area (Å²) in [4.78, 5) is 4.59. The summed E-state index contributed by atoms with van der Waals surface area (Å²) in [6.07, 6.45) is 0. The van der Waals surface area contributed by atoms with Crippen LogP contribution in [-0.2, 0) is 0 Å². The molecular formula is C2H6Na2Sn. The third kappa shape index (κ3) is 20.0. The summed E-state index contributed by atoms with van der Waals surface area (Å²) < 4.78 is 0. The molecule has 0 aromatic carbocycles. The van der Waals surface area contributed by atoms with E-state index in [0.29, 0.717) is 0 Å². The van der Waals surface area contributed by atoms with Gasteiger partial charge < -0.3 is 0 Å². The third-order valence-electron chi connectivity index (χ3n) is 0. The van der Waals surface area contributed by atoms with Crippen LogP contribution in [0.4, 0.5) is 0 Å². The van der Waals surface area contributed by atoms with Crippen molar-refractivity contribution in [2.75, 3.05) is 0 Å². The molecule has 0 saturated carbocycles. The first-order valence-corrected chi connectivity index (χ1v) is 6.71. The molecule has 0 amide bonds. The van der Waals surface area contributed by atoms with Crippen molar-refractivity contribution in [3.63, 3.8) is 0 Å². The summed E-state index contributed by atoms with van der Waals surface area (Å²) in [7, 11) is 0. The topological polar surface area (TPSA) is 0 Å². The molecule has 0 nitrogen and oxygen atoms in total. The van der Waals surface area contributed by atoms with Gasteiger partial charge in [-0.15, -0.1) is 0 Å². The fourth-order valence-electron chi connectivity index (χ4n) is 0. The minimum Gasteiger partial charge on any atom is 0 e. The molecule has 4 radical (unpaired) electrons. The molecule has 0 rings (SSSR count). The van der Waals surface area contributed by atoms with Gasteiger partial charge in [0, 0.05) is 59.1 Å². The fraction of sp³-hybridized carbons (Fsp3) is 1.00. The van der Waals surface area contributed by atoms with Crippen LogP contribution in [0.25, 0.3) is 0 Å². The molecule has 0 unspecified atom stereocenters. The Kier molecular flexibility index (Phi) is 49.6. The second kappa shape index (κ2) is 15.8. The molecule has 0 aromatic heterocycles. The van der Waals surface area contributed by atoms with E-state index in [1.165, 1.54) is 0 Å². The van der Waals surface area contributed by atoms with Crippen LogP contribution in [0.5, 0.6) is 0 Å². The predicted molar refractivity (Wildman–Crippen MR) is 29.0 cm³/mol. The Morgan fingerprint density at radius 3 is 1.00 bits per heavy atom. The Bertz CT molecular complexity index is 7.61. The van der Waals surface area contributed by atoms with E-state index in [-0.39, 0.29) is 80.3 Å². The summed E-state index contributed by atoms with van der Waals surface area (Å²) >= 11 is 0.230. The SMILES string of the molecule is [CH3][Sn][CH3].[Na].[Na]. The van der Waals surface area contributed by atoms with Crippen LogP contribution in [0.1, 0.15) is 0 Å². The van der Waals surface area contributed by atoms with Gasteiger partial charge in [-0.05, 0) is 0 Å². The van der Waals surface area contributed by atoms with Crippen molar-refractivity contribution in [3.8, 4) is 0 Å². The van der Waals surface area contributed by atoms with Gasteiger partial charge in [0.15, 0.2) is 0 Å². The Morgan fingerprint density at radius 1 is 1.00 bits per heavy atom. The normalized spacial score (nSPS) is 3.60. The molecule has 20 valence electrons. The monoisotopic (exact) mass is 196 g/mol. The Hall–Kier alpha value is 2.80. The Balaban J connectivity index is -0.0000000200. The minimum atomic E-state index is 0. The van der Waals surface area contributed by atoms with Crippen LogP contribution >= 0.6 is 0 Å². The molecule has 0 N–H and O–H groups in total. The van der Waals surface area contributed by atoms with E-state index < -0.39 is 0 Å². The van der Waals surface area contributed by atoms with Crippen LogP contribution in [-0.4, -0.2) is 80.3 Å². The molecule has 0 fully saturated rings. The number of hydrogen-bond acceptors (Lipinski definition) is 0. The van der Waals surface area contributed by atoms with E-state index in [9.17, 15) is 0 Å². The van der Waals surface area contributed by atoms with Crippen LogP contribution in [0.3, 0.4) is 0 Å². The van der Waals surface area contributed by atoms with E-state index in [2.05, 4.69) is 9.88 Å². The summed E-state index contributed by atoms with van der Waals surface area (Å²) in [5, 5.41) is 0. The fourth-order valence-corrected chi connectivity index (χ4v) is 0. The quantitative estimate of drug-likeness (QED) is 0.478. The first kappa shape index (κ1) is 15.7. The maximum Gasteiger partial charge on any atom is 0 e. The third-order valence-corrected chi connectivity index (χ3v) is 0. The van der Waals surface area contributed by atoms with Gasteiger partial charge in [-0.25, -0.2) is 0 Å². The van der Waals surface area contributed by atoms with Crippen molar-refractivity contribution < 1.29 is 0 Å². The van der Waals surface area contributed by atoms with Gasteiger partial charge in [-0.1, -0.05) is 0 Å². The van der Waals surface area contributed by atoms with Gasteiger partial charge in [0.1, 0.15) is 0 Å². The summed E-state index contributed by atoms with van der Waals surface area (Å²) in [5.41, 5.74) is 0. The first-order chi connectivity index (χ1) is 1.41. The average molecular weight is 195 g/mol. The molecule has 0 heterocycles. The summed E-state index contributed by atoms with van der Waals surface area (Å²) in [6.45, 7) is 0. The van der Waals surface area contributed by atoms with Gasteiger partial charge in [0.05, 0.1) is 0 Å². The zero-order valence-corrected chi connectivity index (χ0v) is 11.4. The van der Waals surface area contributed by atoms with Crippen LogP contribution < -0.4 is 0 Å². The van der Waals surface area contributed by atoms with Crippen molar-refractivity contribution in [2.45, 2.75) is 9.88 Å². The van der Waals surface area contributed by atoms with Crippen molar-refractivity contribution >= 4 is 80.3 Å². The predicted octanol–water partition coefficient (Wildman–Crippen LogP) is 0.0252. The number of rotatable bonds is 0. The van der Waals surface area contributed by atoms with Gasteiger partial charge in [0.25, 0.3) is 0 Å². The molecule has 0 bridgehead atoms. The molecule has 0 aliphatic rings. The van der Waals surface area contributed by atoms with Gasteiger partial charge in [-0.2, -0.15) is 0 Å². The molecule has 0 aliphatic heterocycles. The first-order valence-electron chi connectivity index (χ1n) is 1.00. The van der Waals surface area contributed by atoms with E-state index in [1.807, 2.05) is 0 Å². The van der Waals surface area contributed by atoms with Crippen molar-refractivity contribution in [1.82, 2.24) is 0 Å².